The van der Waals surface area contributed by atoms with Crippen LogP contribution < -0.4 is 4.90 Å². The number of hydrogen-bond acceptors (Lipinski definition) is 2. The normalized spacial score (nSPS) is 19.8. The summed E-state index contributed by atoms with van der Waals surface area (Å²) in [4.78, 5) is 16.8. The molecule has 2 heterocycles. The lowest BCUT2D eigenvalue weighted by atomic mass is 9.95. The molecule has 4 rings (SSSR count). The van der Waals surface area contributed by atoms with Crippen LogP contribution in [0.3, 0.4) is 0 Å². The van der Waals surface area contributed by atoms with Crippen LogP contribution in [0, 0.1) is 13.8 Å². The molecule has 0 aromatic heterocycles. The van der Waals surface area contributed by atoms with Crippen molar-refractivity contribution in [3.8, 4) is 0 Å². The van der Waals surface area contributed by atoms with Crippen molar-refractivity contribution in [2.24, 2.45) is 0 Å². The van der Waals surface area contributed by atoms with Crippen molar-refractivity contribution in [2.45, 2.75) is 32.9 Å². The first-order valence-electron chi connectivity index (χ1n) is 7.85. The maximum atomic E-state index is 13.0. The summed E-state index contributed by atoms with van der Waals surface area (Å²) in [7, 11) is 0. The van der Waals surface area contributed by atoms with Crippen LogP contribution >= 0.6 is 12.2 Å². The lowest BCUT2D eigenvalue weighted by Crippen LogP contribution is -2.39. The summed E-state index contributed by atoms with van der Waals surface area (Å²) in [6.07, 6.45) is 0.733. The number of nitrogens with zero attached hydrogens (tertiary/aromatic N) is 2. The number of carbonyl (C=O) groups excluding carboxylic acids is 1. The Balaban J connectivity index is 1.74. The molecule has 0 bridgehead atoms. The van der Waals surface area contributed by atoms with Gasteiger partial charge in [0, 0.05) is 13.0 Å². The number of rotatable bonds is 1. The molecule has 0 spiro atoms. The lowest BCUT2D eigenvalue weighted by Gasteiger charge is -2.30. The molecule has 2 aliphatic rings. The Morgan fingerprint density at radius 1 is 1.09 bits per heavy atom. The van der Waals surface area contributed by atoms with Gasteiger partial charge in [-0.1, -0.05) is 42.0 Å². The third-order valence-corrected chi connectivity index (χ3v) is 5.20. The molecule has 3 nitrogen and oxygen atoms in total. The van der Waals surface area contributed by atoms with E-state index in [1.807, 2.05) is 31.2 Å². The second kappa shape index (κ2) is 5.17. The van der Waals surface area contributed by atoms with E-state index in [0.717, 1.165) is 17.7 Å². The molecule has 1 saturated heterocycles. The Kier molecular flexibility index (Phi) is 3.23. The van der Waals surface area contributed by atoms with Gasteiger partial charge in [0.15, 0.2) is 5.11 Å². The first-order chi connectivity index (χ1) is 11.1. The third kappa shape index (κ3) is 2.17. The van der Waals surface area contributed by atoms with Crippen molar-refractivity contribution >= 4 is 28.9 Å². The second-order valence-corrected chi connectivity index (χ2v) is 6.73. The molecule has 0 unspecified atom stereocenters. The predicted octanol–water partition coefficient (Wildman–Crippen LogP) is 3.36. The Morgan fingerprint density at radius 3 is 2.57 bits per heavy atom. The van der Waals surface area contributed by atoms with Gasteiger partial charge in [0.25, 0.3) is 5.91 Å². The van der Waals surface area contributed by atoms with Crippen LogP contribution in [0.4, 0.5) is 5.69 Å². The zero-order chi connectivity index (χ0) is 16.1. The van der Waals surface area contributed by atoms with Gasteiger partial charge in [-0.3, -0.25) is 9.69 Å². The summed E-state index contributed by atoms with van der Waals surface area (Å²) in [5.74, 6) is 0.0939. The molecule has 0 aliphatic carbocycles. The molecule has 23 heavy (non-hydrogen) atoms. The number of fused-ring (bicyclic) bond motifs is 2. The fraction of sp³-hybridized carbons (Fsp3) is 0.263. The van der Waals surface area contributed by atoms with E-state index in [0.29, 0.717) is 11.7 Å². The van der Waals surface area contributed by atoms with Crippen LogP contribution in [0.15, 0.2) is 42.5 Å². The average Bonchev–Trinajstić information content (AvgIpc) is 2.77. The third-order valence-electron chi connectivity index (χ3n) is 4.78. The Hall–Kier alpha value is -2.20. The number of anilines is 1. The summed E-state index contributed by atoms with van der Waals surface area (Å²) < 4.78 is 0. The highest BCUT2D eigenvalue weighted by Gasteiger charge is 2.45. The van der Waals surface area contributed by atoms with Crippen LogP contribution in [0.5, 0.6) is 0 Å². The van der Waals surface area contributed by atoms with E-state index in [-0.39, 0.29) is 11.9 Å². The zero-order valence-corrected chi connectivity index (χ0v) is 14.1. The minimum atomic E-state index is -0.168. The van der Waals surface area contributed by atoms with E-state index in [2.05, 4.69) is 30.0 Å². The highest BCUT2D eigenvalue weighted by molar-refractivity contribution is 7.80. The fourth-order valence-electron chi connectivity index (χ4n) is 3.59. The molecule has 0 saturated carbocycles. The van der Waals surface area contributed by atoms with Crippen molar-refractivity contribution in [3.63, 3.8) is 0 Å². The molecule has 0 radical (unpaired) electrons. The van der Waals surface area contributed by atoms with Crippen molar-refractivity contribution in [3.05, 3.63) is 64.7 Å². The molecule has 2 aromatic rings. The maximum Gasteiger partial charge on any atom is 0.256 e. The van der Waals surface area contributed by atoms with E-state index >= 15 is 0 Å². The number of carbonyl (C=O) groups is 1. The van der Waals surface area contributed by atoms with E-state index in [4.69, 9.17) is 12.2 Å². The lowest BCUT2D eigenvalue weighted by molar-refractivity contribution is -0.120. The average molecular weight is 322 g/mol. The smallest absolute Gasteiger partial charge is 0.256 e. The molecule has 1 amide bonds. The molecule has 4 heteroatoms. The van der Waals surface area contributed by atoms with Crippen LogP contribution in [0.25, 0.3) is 0 Å². The molecule has 1 atom stereocenters. The van der Waals surface area contributed by atoms with Gasteiger partial charge in [0.1, 0.15) is 6.04 Å². The van der Waals surface area contributed by atoms with Crippen molar-refractivity contribution in [1.82, 2.24) is 4.90 Å². The van der Waals surface area contributed by atoms with E-state index in [9.17, 15) is 4.79 Å². The van der Waals surface area contributed by atoms with Crippen molar-refractivity contribution < 1.29 is 4.79 Å². The first-order valence-corrected chi connectivity index (χ1v) is 8.25. The summed E-state index contributed by atoms with van der Waals surface area (Å²) in [5.41, 5.74) is 5.70. The molecular formula is C19H18N2OS. The van der Waals surface area contributed by atoms with Gasteiger partial charge in [-0.15, -0.1) is 0 Å². The minimum absolute atomic E-state index is 0.0939. The van der Waals surface area contributed by atoms with E-state index in [1.165, 1.54) is 16.7 Å². The Bertz CT molecular complexity index is 787. The summed E-state index contributed by atoms with van der Waals surface area (Å²) in [6, 6.07) is 14.3. The highest BCUT2D eigenvalue weighted by Crippen LogP contribution is 2.34. The predicted molar refractivity (Wildman–Crippen MR) is 95.5 cm³/mol. The monoisotopic (exact) mass is 322 g/mol. The number of aryl methyl sites for hydroxylation is 2. The van der Waals surface area contributed by atoms with Crippen LogP contribution in [-0.2, 0) is 17.8 Å². The standard InChI is InChI=1S/C19H18N2OS/c1-12-7-8-16(13(2)9-12)21-18(22)17-10-14-5-3-4-6-15(14)11-20(17)19(21)23/h3-9,17H,10-11H2,1-2H3/t17-/m1/s1. The van der Waals surface area contributed by atoms with Gasteiger partial charge in [-0.2, -0.15) is 0 Å². The van der Waals surface area contributed by atoms with Gasteiger partial charge >= 0.3 is 0 Å². The Labute approximate surface area is 141 Å². The Morgan fingerprint density at radius 2 is 1.83 bits per heavy atom. The molecular weight excluding hydrogens is 304 g/mol. The molecule has 0 N–H and O–H groups in total. The zero-order valence-electron chi connectivity index (χ0n) is 13.2. The van der Waals surface area contributed by atoms with Gasteiger partial charge in [-0.25, -0.2) is 0 Å². The van der Waals surface area contributed by atoms with Crippen LogP contribution in [0.2, 0.25) is 0 Å². The van der Waals surface area contributed by atoms with Gasteiger partial charge in [0.2, 0.25) is 0 Å². The fourth-order valence-corrected chi connectivity index (χ4v) is 3.97. The van der Waals surface area contributed by atoms with Crippen molar-refractivity contribution in [1.29, 1.82) is 0 Å². The van der Waals surface area contributed by atoms with Crippen LogP contribution in [0.1, 0.15) is 22.3 Å². The topological polar surface area (TPSA) is 23.6 Å². The minimum Gasteiger partial charge on any atom is -0.332 e. The van der Waals surface area contributed by atoms with Gasteiger partial charge in [-0.05, 0) is 48.8 Å². The number of hydrogen-bond donors (Lipinski definition) is 0. The van der Waals surface area contributed by atoms with Gasteiger partial charge in [0.05, 0.1) is 5.69 Å². The number of thiocarbonyl (C=S) groups is 1. The van der Waals surface area contributed by atoms with Crippen LogP contribution in [-0.4, -0.2) is 22.0 Å². The molecule has 2 aliphatic heterocycles. The largest absolute Gasteiger partial charge is 0.332 e. The number of amides is 1. The van der Waals surface area contributed by atoms with Crippen molar-refractivity contribution in [2.75, 3.05) is 4.90 Å². The SMILES string of the molecule is Cc1ccc(N2C(=O)[C@H]3Cc4ccccc4CN3C2=S)c(C)c1. The molecule has 2 aromatic carbocycles. The molecule has 116 valence electrons. The number of benzene rings is 2. The summed E-state index contributed by atoms with van der Waals surface area (Å²) in [5, 5.41) is 0.626. The van der Waals surface area contributed by atoms with E-state index < -0.39 is 0 Å². The molecule has 1 fully saturated rings. The summed E-state index contributed by atoms with van der Waals surface area (Å²) >= 11 is 5.65. The highest BCUT2D eigenvalue weighted by atomic mass is 32.1. The van der Waals surface area contributed by atoms with Gasteiger partial charge < -0.3 is 4.90 Å². The van der Waals surface area contributed by atoms with E-state index in [1.54, 1.807) is 4.90 Å². The second-order valence-electron chi connectivity index (χ2n) is 6.36. The summed E-state index contributed by atoms with van der Waals surface area (Å²) in [6.45, 7) is 4.80. The maximum absolute atomic E-state index is 13.0. The first kappa shape index (κ1) is 14.4. The quantitative estimate of drug-likeness (QED) is 0.752.